The number of hydrogen-bond acceptors (Lipinski definition) is 3. The molecular weight excluding hydrogens is 290 g/mol. The van der Waals surface area contributed by atoms with Crippen LogP contribution in [0.5, 0.6) is 0 Å². The van der Waals surface area contributed by atoms with E-state index in [1.807, 2.05) is 18.2 Å². The molecule has 1 aromatic carbocycles. The van der Waals surface area contributed by atoms with Crippen LogP contribution >= 0.6 is 11.6 Å². The van der Waals surface area contributed by atoms with Gasteiger partial charge in [0.25, 0.3) is 0 Å². The smallest absolute Gasteiger partial charge is 0.249 e. The van der Waals surface area contributed by atoms with Gasteiger partial charge in [-0.05, 0) is 18.6 Å². The first-order chi connectivity index (χ1) is 10.1. The fraction of sp³-hybridized carbons (Fsp3) is 0.467. The maximum Gasteiger partial charge on any atom is 0.249 e. The second kappa shape index (κ2) is 5.66. The average Bonchev–Trinajstić information content (AvgIpc) is 2.78. The van der Waals surface area contributed by atoms with Crippen LogP contribution in [0.15, 0.2) is 24.3 Å². The monoisotopic (exact) mass is 307 g/mol. The molecule has 2 aliphatic rings. The largest absolute Gasteiger partial charge is 0.333 e. The van der Waals surface area contributed by atoms with Gasteiger partial charge in [0.05, 0.1) is 16.6 Å². The van der Waals surface area contributed by atoms with Crippen molar-refractivity contribution in [1.82, 2.24) is 10.2 Å². The van der Waals surface area contributed by atoms with Gasteiger partial charge in [-0.15, -0.1) is 0 Å². The molecule has 2 heterocycles. The van der Waals surface area contributed by atoms with Crippen LogP contribution < -0.4 is 10.2 Å². The van der Waals surface area contributed by atoms with Crippen LogP contribution in [-0.2, 0) is 9.59 Å². The minimum atomic E-state index is -0.380. The molecule has 0 bridgehead atoms. The van der Waals surface area contributed by atoms with E-state index < -0.39 is 0 Å². The zero-order valence-electron chi connectivity index (χ0n) is 11.9. The molecule has 2 aliphatic heterocycles. The quantitative estimate of drug-likeness (QED) is 0.910. The highest BCUT2D eigenvalue weighted by atomic mass is 35.5. The molecule has 5 nitrogen and oxygen atoms in total. The highest BCUT2D eigenvalue weighted by Crippen LogP contribution is 2.30. The van der Waals surface area contributed by atoms with Gasteiger partial charge < -0.3 is 15.1 Å². The van der Waals surface area contributed by atoms with Gasteiger partial charge in [0, 0.05) is 26.7 Å². The highest BCUT2D eigenvalue weighted by molar-refractivity contribution is 6.34. The minimum Gasteiger partial charge on any atom is -0.333 e. The van der Waals surface area contributed by atoms with Gasteiger partial charge in [-0.25, -0.2) is 0 Å². The van der Waals surface area contributed by atoms with E-state index in [0.29, 0.717) is 31.1 Å². The zero-order valence-corrected chi connectivity index (χ0v) is 12.6. The number of amides is 2. The Morgan fingerprint density at radius 3 is 2.71 bits per heavy atom. The fourth-order valence-electron chi connectivity index (χ4n) is 2.84. The van der Waals surface area contributed by atoms with E-state index >= 15 is 0 Å². The Labute approximate surface area is 128 Å². The zero-order chi connectivity index (χ0) is 15.0. The predicted octanol–water partition coefficient (Wildman–Crippen LogP) is 1.12. The van der Waals surface area contributed by atoms with Gasteiger partial charge >= 0.3 is 0 Å². The summed E-state index contributed by atoms with van der Waals surface area (Å²) < 4.78 is 0. The van der Waals surface area contributed by atoms with Gasteiger partial charge in [-0.3, -0.25) is 9.59 Å². The summed E-state index contributed by atoms with van der Waals surface area (Å²) in [6.07, 6.45) is 0.645. The van der Waals surface area contributed by atoms with Crippen LogP contribution in [0.4, 0.5) is 5.69 Å². The molecular formula is C15H18ClN3O2. The Hall–Kier alpha value is -1.59. The summed E-state index contributed by atoms with van der Waals surface area (Å²) in [7, 11) is 1.72. The Bertz CT molecular complexity index is 574. The molecule has 6 heteroatoms. The molecule has 2 fully saturated rings. The van der Waals surface area contributed by atoms with Crippen molar-refractivity contribution in [2.24, 2.45) is 5.92 Å². The Morgan fingerprint density at radius 2 is 2.10 bits per heavy atom. The standard InChI is InChI=1S/C15H18ClN3O2/c1-18(14(20)10-8-17-9-10)13-6-7-19(15(13)21)12-5-3-2-4-11(12)16/h2-5,10,13,17H,6-9H2,1H3. The average molecular weight is 308 g/mol. The molecule has 1 N–H and O–H groups in total. The molecule has 0 spiro atoms. The summed E-state index contributed by atoms with van der Waals surface area (Å²) >= 11 is 6.16. The molecule has 0 aliphatic carbocycles. The van der Waals surface area contributed by atoms with E-state index in [2.05, 4.69) is 5.32 Å². The van der Waals surface area contributed by atoms with Crippen LogP contribution in [0.25, 0.3) is 0 Å². The van der Waals surface area contributed by atoms with Gasteiger partial charge in [0.2, 0.25) is 11.8 Å². The summed E-state index contributed by atoms with van der Waals surface area (Å²) in [6, 6.07) is 6.92. The number of anilines is 1. The fourth-order valence-corrected chi connectivity index (χ4v) is 3.08. The maximum atomic E-state index is 12.6. The number of carbonyl (C=O) groups excluding carboxylic acids is 2. The summed E-state index contributed by atoms with van der Waals surface area (Å²) in [5.41, 5.74) is 0.720. The molecule has 1 atom stereocenters. The number of para-hydroxylation sites is 1. The second-order valence-electron chi connectivity index (χ2n) is 5.55. The minimum absolute atomic E-state index is 0.0113. The number of halogens is 1. The summed E-state index contributed by atoms with van der Waals surface area (Å²) in [4.78, 5) is 28.1. The second-order valence-corrected chi connectivity index (χ2v) is 5.96. The molecule has 1 unspecified atom stereocenters. The Kier molecular flexibility index (Phi) is 3.87. The third-order valence-electron chi connectivity index (χ3n) is 4.27. The highest BCUT2D eigenvalue weighted by Gasteiger charge is 2.40. The lowest BCUT2D eigenvalue weighted by atomic mass is 10.0. The number of likely N-dealkylation sites (N-methyl/N-ethyl adjacent to an activating group) is 1. The van der Waals surface area contributed by atoms with Crippen LogP contribution in [-0.4, -0.2) is 49.4 Å². The molecule has 21 heavy (non-hydrogen) atoms. The van der Waals surface area contributed by atoms with Crippen LogP contribution in [0.3, 0.4) is 0 Å². The molecule has 1 aromatic rings. The SMILES string of the molecule is CN(C(=O)C1CNC1)C1CCN(c2ccccc2Cl)C1=O. The van der Waals surface area contributed by atoms with E-state index in [-0.39, 0.29) is 23.8 Å². The first-order valence-corrected chi connectivity index (χ1v) is 7.50. The first kappa shape index (κ1) is 14.4. The van der Waals surface area contributed by atoms with Crippen LogP contribution in [0.1, 0.15) is 6.42 Å². The van der Waals surface area contributed by atoms with Crippen molar-refractivity contribution >= 4 is 29.1 Å². The van der Waals surface area contributed by atoms with Crippen molar-refractivity contribution in [2.45, 2.75) is 12.5 Å². The molecule has 3 rings (SSSR count). The molecule has 2 saturated heterocycles. The van der Waals surface area contributed by atoms with Crippen LogP contribution in [0.2, 0.25) is 5.02 Å². The Balaban J connectivity index is 1.74. The number of nitrogens with one attached hydrogen (secondary N) is 1. The molecule has 112 valence electrons. The van der Waals surface area contributed by atoms with Crippen molar-refractivity contribution in [2.75, 3.05) is 31.6 Å². The summed E-state index contributed by atoms with van der Waals surface area (Å²) in [5.74, 6) is 0.0107. The topological polar surface area (TPSA) is 52.7 Å². The first-order valence-electron chi connectivity index (χ1n) is 7.13. The molecule has 2 amide bonds. The number of nitrogens with zero attached hydrogens (tertiary/aromatic N) is 2. The van der Waals surface area contributed by atoms with E-state index in [4.69, 9.17) is 11.6 Å². The number of benzene rings is 1. The van der Waals surface area contributed by atoms with Crippen molar-refractivity contribution in [3.8, 4) is 0 Å². The van der Waals surface area contributed by atoms with Gasteiger partial charge in [-0.1, -0.05) is 23.7 Å². The van der Waals surface area contributed by atoms with Crippen molar-refractivity contribution in [3.63, 3.8) is 0 Å². The van der Waals surface area contributed by atoms with E-state index in [0.717, 1.165) is 5.69 Å². The normalized spacial score (nSPS) is 22.3. The number of rotatable bonds is 3. The lowest BCUT2D eigenvalue weighted by molar-refractivity contribution is -0.141. The van der Waals surface area contributed by atoms with Gasteiger partial charge in [0.15, 0.2) is 0 Å². The predicted molar refractivity (Wildman–Crippen MR) is 81.3 cm³/mol. The van der Waals surface area contributed by atoms with E-state index in [9.17, 15) is 9.59 Å². The molecule has 0 aromatic heterocycles. The van der Waals surface area contributed by atoms with Crippen molar-refractivity contribution in [1.29, 1.82) is 0 Å². The van der Waals surface area contributed by atoms with E-state index in [1.165, 1.54) is 0 Å². The number of hydrogen-bond donors (Lipinski definition) is 1. The van der Waals surface area contributed by atoms with E-state index in [1.54, 1.807) is 22.9 Å². The number of carbonyl (C=O) groups is 2. The third kappa shape index (κ3) is 2.51. The lowest BCUT2D eigenvalue weighted by Crippen LogP contribution is -2.54. The van der Waals surface area contributed by atoms with Crippen molar-refractivity contribution in [3.05, 3.63) is 29.3 Å². The van der Waals surface area contributed by atoms with Gasteiger partial charge in [-0.2, -0.15) is 0 Å². The molecule has 0 saturated carbocycles. The summed E-state index contributed by atoms with van der Waals surface area (Å²) in [6.45, 7) is 2.00. The maximum absolute atomic E-state index is 12.6. The third-order valence-corrected chi connectivity index (χ3v) is 4.59. The summed E-state index contributed by atoms with van der Waals surface area (Å²) in [5, 5.41) is 3.64. The lowest BCUT2D eigenvalue weighted by Gasteiger charge is -2.32. The van der Waals surface area contributed by atoms with Gasteiger partial charge in [0.1, 0.15) is 6.04 Å². The van der Waals surface area contributed by atoms with Crippen molar-refractivity contribution < 1.29 is 9.59 Å². The van der Waals surface area contributed by atoms with Crippen LogP contribution in [0, 0.1) is 5.92 Å². The molecule has 0 radical (unpaired) electrons. The Morgan fingerprint density at radius 1 is 1.38 bits per heavy atom.